The van der Waals surface area contributed by atoms with Gasteiger partial charge in [-0.2, -0.15) is 5.10 Å². The molecule has 1 aliphatic rings. The fraction of sp³-hybridized carbons (Fsp3) is 0.0476. The van der Waals surface area contributed by atoms with E-state index in [1.165, 1.54) is 12.1 Å². The Balaban J connectivity index is 1.87. The Hall–Kier alpha value is -3.47. The van der Waals surface area contributed by atoms with E-state index in [-0.39, 0.29) is 5.82 Å². The lowest BCUT2D eigenvalue weighted by atomic mass is 10.0. The summed E-state index contributed by atoms with van der Waals surface area (Å²) in [5.41, 5.74) is 7.13. The lowest BCUT2D eigenvalue weighted by molar-refractivity contribution is 0.415. The predicted octanol–water partition coefficient (Wildman–Crippen LogP) is 4.27. The van der Waals surface area contributed by atoms with Crippen LogP contribution in [-0.2, 0) is 0 Å². The Morgan fingerprint density at radius 3 is 2.38 bits per heavy atom. The molecule has 5 heteroatoms. The van der Waals surface area contributed by atoms with E-state index in [0.717, 1.165) is 33.8 Å². The van der Waals surface area contributed by atoms with E-state index in [1.54, 1.807) is 19.2 Å². The van der Waals surface area contributed by atoms with Crippen LogP contribution in [0.15, 0.2) is 82.9 Å². The number of aliphatic imine (C=N–C) groups is 1. The Morgan fingerprint density at radius 2 is 1.65 bits per heavy atom. The van der Waals surface area contributed by atoms with Crippen molar-refractivity contribution in [3.63, 3.8) is 0 Å². The fourth-order valence-electron chi connectivity index (χ4n) is 2.80. The highest BCUT2D eigenvalue weighted by molar-refractivity contribution is 6.18. The van der Waals surface area contributed by atoms with Gasteiger partial charge in [0, 0.05) is 16.7 Å². The van der Waals surface area contributed by atoms with Gasteiger partial charge in [-0.15, -0.1) is 0 Å². The predicted molar refractivity (Wildman–Crippen MR) is 101 cm³/mol. The van der Waals surface area contributed by atoms with E-state index in [0.29, 0.717) is 5.84 Å². The number of halogens is 1. The van der Waals surface area contributed by atoms with Crippen LogP contribution in [0.25, 0.3) is 0 Å². The number of fused-ring (bicyclic) bond motifs is 1. The second-order valence-corrected chi connectivity index (χ2v) is 5.79. The summed E-state index contributed by atoms with van der Waals surface area (Å²) in [5, 5.41) is 4.58. The zero-order valence-corrected chi connectivity index (χ0v) is 14.1. The number of amidine groups is 1. The minimum absolute atomic E-state index is 0.290. The van der Waals surface area contributed by atoms with Crippen LogP contribution >= 0.6 is 0 Å². The highest BCUT2D eigenvalue weighted by Crippen LogP contribution is 2.29. The molecule has 3 aromatic carbocycles. The molecule has 0 amide bonds. The maximum Gasteiger partial charge on any atom is 0.154 e. The number of methoxy groups -OCH3 is 1. The van der Waals surface area contributed by atoms with Crippen LogP contribution in [0.1, 0.15) is 16.7 Å². The summed E-state index contributed by atoms with van der Waals surface area (Å²) in [7, 11) is 1.63. The monoisotopic (exact) mass is 345 g/mol. The van der Waals surface area contributed by atoms with Crippen molar-refractivity contribution in [1.82, 2.24) is 5.43 Å². The molecule has 3 aromatic rings. The second kappa shape index (κ2) is 6.80. The van der Waals surface area contributed by atoms with Crippen LogP contribution in [0.3, 0.4) is 0 Å². The highest BCUT2D eigenvalue weighted by Gasteiger charge is 2.18. The smallest absolute Gasteiger partial charge is 0.154 e. The quantitative estimate of drug-likeness (QED) is 0.771. The first-order valence-electron chi connectivity index (χ1n) is 8.17. The first-order chi connectivity index (χ1) is 12.7. The minimum Gasteiger partial charge on any atom is -0.497 e. The molecule has 128 valence electrons. The van der Waals surface area contributed by atoms with Gasteiger partial charge in [-0.05, 0) is 42.5 Å². The van der Waals surface area contributed by atoms with Gasteiger partial charge in [-0.1, -0.05) is 30.3 Å². The number of hydrazone groups is 1. The van der Waals surface area contributed by atoms with E-state index in [2.05, 4.69) is 10.5 Å². The molecule has 0 radical (unpaired) electrons. The van der Waals surface area contributed by atoms with Crippen LogP contribution in [0.5, 0.6) is 5.75 Å². The van der Waals surface area contributed by atoms with Crippen molar-refractivity contribution in [1.29, 1.82) is 0 Å². The Kier molecular flexibility index (Phi) is 4.19. The topological polar surface area (TPSA) is 46.0 Å². The Bertz CT molecular complexity index is 996. The van der Waals surface area contributed by atoms with E-state index in [4.69, 9.17) is 9.73 Å². The lowest BCUT2D eigenvalue weighted by Gasteiger charge is -2.09. The Labute approximate surface area is 150 Å². The molecule has 0 bridgehead atoms. The normalized spacial score (nSPS) is 13.0. The lowest BCUT2D eigenvalue weighted by Crippen LogP contribution is -2.19. The average molecular weight is 345 g/mol. The number of hydrogen-bond donors (Lipinski definition) is 1. The summed E-state index contributed by atoms with van der Waals surface area (Å²) in [6.45, 7) is 0. The molecular weight excluding hydrogens is 329 g/mol. The molecule has 1 aliphatic heterocycles. The van der Waals surface area contributed by atoms with Crippen LogP contribution in [0.2, 0.25) is 0 Å². The number of hydrogen-bond acceptors (Lipinski definition) is 4. The van der Waals surface area contributed by atoms with Gasteiger partial charge in [0.2, 0.25) is 0 Å². The first-order valence-corrected chi connectivity index (χ1v) is 8.17. The molecular formula is C21H16FN3O. The van der Waals surface area contributed by atoms with Crippen molar-refractivity contribution in [2.45, 2.75) is 0 Å². The van der Waals surface area contributed by atoms with E-state index in [1.807, 2.05) is 48.5 Å². The van der Waals surface area contributed by atoms with Gasteiger partial charge in [0.05, 0.1) is 12.8 Å². The van der Waals surface area contributed by atoms with Gasteiger partial charge in [0.25, 0.3) is 0 Å². The highest BCUT2D eigenvalue weighted by atomic mass is 19.1. The van der Waals surface area contributed by atoms with Crippen LogP contribution in [-0.4, -0.2) is 18.7 Å². The molecule has 0 fully saturated rings. The largest absolute Gasteiger partial charge is 0.497 e. The molecule has 0 unspecified atom stereocenters. The number of rotatable bonds is 3. The maximum absolute atomic E-state index is 13.2. The molecule has 4 nitrogen and oxygen atoms in total. The third kappa shape index (κ3) is 3.07. The summed E-state index contributed by atoms with van der Waals surface area (Å²) in [5.74, 6) is 0.997. The zero-order valence-electron chi connectivity index (χ0n) is 14.1. The third-order valence-corrected chi connectivity index (χ3v) is 4.13. The van der Waals surface area contributed by atoms with Crippen molar-refractivity contribution in [2.24, 2.45) is 10.1 Å². The van der Waals surface area contributed by atoms with Crippen molar-refractivity contribution in [3.8, 4) is 5.75 Å². The van der Waals surface area contributed by atoms with Crippen molar-refractivity contribution in [2.75, 3.05) is 7.11 Å². The molecule has 0 spiro atoms. The van der Waals surface area contributed by atoms with Crippen LogP contribution in [0.4, 0.5) is 10.1 Å². The summed E-state index contributed by atoms with van der Waals surface area (Å²) in [4.78, 5) is 4.70. The minimum atomic E-state index is -0.290. The maximum atomic E-state index is 13.2. The number of ether oxygens (including phenoxy) is 1. The summed E-state index contributed by atoms with van der Waals surface area (Å²) < 4.78 is 18.6. The van der Waals surface area contributed by atoms with Gasteiger partial charge < -0.3 is 4.74 Å². The number of nitrogens with zero attached hydrogens (tertiary/aromatic N) is 2. The standard InChI is InChI=1S/C21H16FN3O/c1-26-17-11-12-19-18(13-17)20(14-5-3-2-4-6-14)24-25-21(23-19)15-7-9-16(22)10-8-15/h2-13H,1H3,(H,23,25). The van der Waals surface area contributed by atoms with Crippen LogP contribution < -0.4 is 10.2 Å². The molecule has 0 saturated carbocycles. The molecule has 0 aliphatic carbocycles. The summed E-state index contributed by atoms with van der Waals surface area (Å²) >= 11 is 0. The van der Waals surface area contributed by atoms with E-state index < -0.39 is 0 Å². The molecule has 0 saturated heterocycles. The van der Waals surface area contributed by atoms with Gasteiger partial charge in [-0.25, -0.2) is 9.38 Å². The molecule has 4 rings (SSSR count). The summed E-state index contributed by atoms with van der Waals surface area (Å²) in [6, 6.07) is 21.7. The first kappa shape index (κ1) is 16.0. The number of benzene rings is 3. The number of nitrogens with one attached hydrogen (secondary N) is 1. The molecule has 0 aromatic heterocycles. The summed E-state index contributed by atoms with van der Waals surface area (Å²) in [6.07, 6.45) is 0. The SMILES string of the molecule is COc1ccc2c(c1)C(c1ccccc1)=NNC(c1ccc(F)cc1)=N2. The molecule has 1 heterocycles. The van der Waals surface area contributed by atoms with E-state index in [9.17, 15) is 4.39 Å². The van der Waals surface area contributed by atoms with Gasteiger partial charge in [-0.3, -0.25) is 5.43 Å². The molecule has 26 heavy (non-hydrogen) atoms. The second-order valence-electron chi connectivity index (χ2n) is 5.79. The average Bonchev–Trinajstić information content (AvgIpc) is 2.88. The Morgan fingerprint density at radius 1 is 0.885 bits per heavy atom. The fourth-order valence-corrected chi connectivity index (χ4v) is 2.80. The molecule has 1 N–H and O–H groups in total. The third-order valence-electron chi connectivity index (χ3n) is 4.13. The van der Waals surface area contributed by atoms with Crippen LogP contribution in [0, 0.1) is 5.82 Å². The van der Waals surface area contributed by atoms with Gasteiger partial charge in [0.15, 0.2) is 5.84 Å². The van der Waals surface area contributed by atoms with Crippen molar-refractivity contribution in [3.05, 3.63) is 95.3 Å². The van der Waals surface area contributed by atoms with E-state index >= 15 is 0 Å². The van der Waals surface area contributed by atoms with Crippen molar-refractivity contribution < 1.29 is 9.13 Å². The zero-order chi connectivity index (χ0) is 17.9. The van der Waals surface area contributed by atoms with Crippen molar-refractivity contribution >= 4 is 17.2 Å². The molecule has 0 atom stereocenters. The van der Waals surface area contributed by atoms with Gasteiger partial charge in [0.1, 0.15) is 17.3 Å². The van der Waals surface area contributed by atoms with Gasteiger partial charge >= 0.3 is 0 Å².